The van der Waals surface area contributed by atoms with Crippen molar-refractivity contribution in [2.45, 2.75) is 45.0 Å². The number of halogens is 5. The molecule has 38 heavy (non-hydrogen) atoms. The molecule has 3 aromatic rings. The lowest BCUT2D eigenvalue weighted by atomic mass is 9.89. The molecule has 1 spiro atoms. The number of alkyl halides is 2. The van der Waals surface area contributed by atoms with Gasteiger partial charge in [-0.3, -0.25) is 14.6 Å². The Morgan fingerprint density at radius 1 is 1.03 bits per heavy atom. The second kappa shape index (κ2) is 9.89. The van der Waals surface area contributed by atoms with Crippen LogP contribution in [0.15, 0.2) is 59.1 Å². The van der Waals surface area contributed by atoms with Crippen LogP contribution < -0.4 is 15.0 Å². The molecule has 1 N–H and O–H groups in total. The zero-order chi connectivity index (χ0) is 27.2. The van der Waals surface area contributed by atoms with Crippen molar-refractivity contribution in [1.29, 1.82) is 0 Å². The number of fused-ring (bicyclic) bond motifs is 1. The monoisotopic (exact) mass is 591 g/mol. The third kappa shape index (κ3) is 5.24. The third-order valence-corrected chi connectivity index (χ3v) is 7.48. The average molecular weight is 592 g/mol. The van der Waals surface area contributed by atoms with Gasteiger partial charge in [0, 0.05) is 55.2 Å². The topological polar surface area (TPSA) is 44.8 Å². The van der Waals surface area contributed by atoms with E-state index in [-0.39, 0.29) is 11.7 Å². The molecule has 2 heterocycles. The molecule has 0 radical (unpaired) electrons. The highest BCUT2D eigenvalue weighted by Crippen LogP contribution is 2.43. The van der Waals surface area contributed by atoms with Gasteiger partial charge < -0.3 is 10.1 Å². The highest BCUT2D eigenvalue weighted by molar-refractivity contribution is 9.10. The molecule has 0 aromatic heterocycles. The summed E-state index contributed by atoms with van der Waals surface area (Å²) in [4.78, 5) is 17.7. The van der Waals surface area contributed by atoms with Crippen molar-refractivity contribution < 1.29 is 27.1 Å². The maximum atomic E-state index is 13.9. The van der Waals surface area contributed by atoms with Crippen LogP contribution in [-0.2, 0) is 6.54 Å². The first-order valence-electron chi connectivity index (χ1n) is 12.2. The fourth-order valence-corrected chi connectivity index (χ4v) is 5.56. The Bertz CT molecular complexity index is 1390. The van der Waals surface area contributed by atoms with E-state index in [1.54, 1.807) is 42.2 Å². The number of piperidine rings is 1. The minimum absolute atomic E-state index is 0.0402. The zero-order valence-electron chi connectivity index (χ0n) is 20.8. The lowest BCUT2D eigenvalue weighted by Crippen LogP contribution is -2.64. The van der Waals surface area contributed by atoms with E-state index in [0.717, 1.165) is 10.5 Å². The summed E-state index contributed by atoms with van der Waals surface area (Å²) in [6.07, 6.45) is -2.25. The van der Waals surface area contributed by atoms with E-state index in [0.29, 0.717) is 67.5 Å². The van der Waals surface area contributed by atoms with Crippen LogP contribution in [0.5, 0.6) is 5.75 Å². The van der Waals surface area contributed by atoms with E-state index < -0.39 is 23.4 Å². The fourth-order valence-electron chi connectivity index (χ4n) is 5.20. The summed E-state index contributed by atoms with van der Waals surface area (Å²) in [6.45, 7) is 3.95. The van der Waals surface area contributed by atoms with Crippen molar-refractivity contribution in [3.05, 3.63) is 87.4 Å². The molecule has 1 saturated heterocycles. The number of likely N-dealkylation sites (tertiary alicyclic amines) is 1. The van der Waals surface area contributed by atoms with Gasteiger partial charge in [0.2, 0.25) is 0 Å². The lowest BCUT2D eigenvalue weighted by molar-refractivity contribution is -0.159. The Morgan fingerprint density at radius 3 is 2.42 bits per heavy atom. The average Bonchev–Trinajstić information content (AvgIpc) is 2.84. The molecule has 0 bridgehead atoms. The Hall–Kier alpha value is -3.11. The zero-order valence-corrected chi connectivity index (χ0v) is 22.4. The van der Waals surface area contributed by atoms with Crippen molar-refractivity contribution in [3.63, 3.8) is 0 Å². The number of nitrogens with one attached hydrogen (secondary N) is 1. The van der Waals surface area contributed by atoms with Crippen molar-refractivity contribution in [2.75, 3.05) is 23.3 Å². The number of hydrogen-bond donors (Lipinski definition) is 1. The van der Waals surface area contributed by atoms with Gasteiger partial charge in [0.15, 0.2) is 11.6 Å². The van der Waals surface area contributed by atoms with E-state index in [2.05, 4.69) is 26.1 Å². The Balaban J connectivity index is 1.46. The highest BCUT2D eigenvalue weighted by atomic mass is 79.9. The summed E-state index contributed by atoms with van der Waals surface area (Å²) in [6, 6.07) is 14.1. The minimum atomic E-state index is -3.33. The van der Waals surface area contributed by atoms with Crippen LogP contribution in [0.25, 0.3) is 0 Å². The standard InChI is InChI=1S/C28H26BrF4N3O2/c1-17-13-20(5-8-25(17)38-27(2,32)33)36-26(37)21-6-4-19(29)15-24(21)34-28(36)9-11-35(12-10-28)16-18-3-7-22(30)23(31)14-18/h3-8,13-15,34H,9-12,16H2,1-2H3. The largest absolute Gasteiger partial charge is 0.433 e. The summed E-state index contributed by atoms with van der Waals surface area (Å²) in [5, 5.41) is 3.59. The van der Waals surface area contributed by atoms with Gasteiger partial charge in [0.05, 0.1) is 5.56 Å². The molecule has 1 fully saturated rings. The second-order valence-electron chi connectivity index (χ2n) is 9.87. The first kappa shape index (κ1) is 26.5. The van der Waals surface area contributed by atoms with Gasteiger partial charge in [-0.05, 0) is 66.6 Å². The van der Waals surface area contributed by atoms with E-state index in [4.69, 9.17) is 4.74 Å². The number of amides is 1. The first-order chi connectivity index (χ1) is 17.9. The number of anilines is 2. The molecule has 3 aromatic carbocycles. The number of aryl methyl sites for hydroxylation is 1. The van der Waals surface area contributed by atoms with Gasteiger partial charge >= 0.3 is 6.11 Å². The van der Waals surface area contributed by atoms with E-state index in [9.17, 15) is 22.4 Å². The molecule has 200 valence electrons. The molecule has 0 aliphatic carbocycles. The van der Waals surface area contributed by atoms with Gasteiger partial charge in [-0.2, -0.15) is 8.78 Å². The summed E-state index contributed by atoms with van der Waals surface area (Å²) >= 11 is 3.48. The second-order valence-corrected chi connectivity index (χ2v) is 10.8. The molecule has 2 aliphatic heterocycles. The number of carbonyl (C=O) groups excluding carboxylic acids is 1. The van der Waals surface area contributed by atoms with Gasteiger partial charge in [-0.25, -0.2) is 8.78 Å². The predicted octanol–water partition coefficient (Wildman–Crippen LogP) is 7.09. The molecule has 2 aliphatic rings. The predicted molar refractivity (Wildman–Crippen MR) is 141 cm³/mol. The lowest BCUT2D eigenvalue weighted by Gasteiger charge is -2.52. The van der Waals surface area contributed by atoms with Crippen LogP contribution >= 0.6 is 15.9 Å². The van der Waals surface area contributed by atoms with E-state index >= 15 is 0 Å². The number of nitrogens with zero attached hydrogens (tertiary/aromatic N) is 2. The fraction of sp³-hybridized carbons (Fsp3) is 0.321. The maximum absolute atomic E-state index is 13.9. The molecular weight excluding hydrogens is 566 g/mol. The van der Waals surface area contributed by atoms with E-state index in [1.807, 2.05) is 6.07 Å². The third-order valence-electron chi connectivity index (χ3n) is 6.99. The van der Waals surface area contributed by atoms with Crippen molar-refractivity contribution in [3.8, 4) is 5.75 Å². The smallest absolute Gasteiger partial charge is 0.394 e. The van der Waals surface area contributed by atoms with Crippen LogP contribution in [0.3, 0.4) is 0 Å². The van der Waals surface area contributed by atoms with Crippen LogP contribution in [0.4, 0.5) is 28.9 Å². The van der Waals surface area contributed by atoms with Crippen LogP contribution in [0.2, 0.25) is 0 Å². The van der Waals surface area contributed by atoms with Crippen molar-refractivity contribution in [1.82, 2.24) is 4.90 Å². The van der Waals surface area contributed by atoms with Gasteiger partial charge in [-0.1, -0.05) is 22.0 Å². The summed E-state index contributed by atoms with van der Waals surface area (Å²) in [7, 11) is 0. The van der Waals surface area contributed by atoms with Crippen LogP contribution in [0.1, 0.15) is 41.3 Å². The van der Waals surface area contributed by atoms with Gasteiger partial charge in [-0.15, -0.1) is 0 Å². The molecule has 5 rings (SSSR count). The molecule has 0 saturated carbocycles. The summed E-state index contributed by atoms with van der Waals surface area (Å²) < 4.78 is 59.6. The molecule has 10 heteroatoms. The van der Waals surface area contributed by atoms with Crippen molar-refractivity contribution in [2.24, 2.45) is 0 Å². The van der Waals surface area contributed by atoms with Crippen molar-refractivity contribution >= 4 is 33.2 Å². The Morgan fingerprint density at radius 2 is 1.76 bits per heavy atom. The molecule has 0 atom stereocenters. The summed E-state index contributed by atoms with van der Waals surface area (Å²) in [5.41, 5.74) is 2.13. The number of ether oxygens (including phenoxy) is 1. The van der Waals surface area contributed by atoms with Gasteiger partial charge in [0.1, 0.15) is 11.4 Å². The SMILES string of the molecule is Cc1cc(N2C(=O)c3ccc(Br)cc3NC23CCN(Cc2ccc(F)c(F)c2)CC3)ccc1OC(C)(F)F. The highest BCUT2D eigenvalue weighted by Gasteiger charge is 2.47. The van der Waals surface area contributed by atoms with E-state index in [1.165, 1.54) is 12.1 Å². The molecular formula is C28H26BrF4N3O2. The molecule has 5 nitrogen and oxygen atoms in total. The minimum Gasteiger partial charge on any atom is -0.433 e. The maximum Gasteiger partial charge on any atom is 0.394 e. The number of carbonyl (C=O) groups is 1. The van der Waals surface area contributed by atoms with Gasteiger partial charge in [0.25, 0.3) is 5.91 Å². The summed E-state index contributed by atoms with van der Waals surface area (Å²) in [5.74, 6) is -1.92. The molecule has 1 amide bonds. The Kier molecular flexibility index (Phi) is 6.89. The number of hydrogen-bond acceptors (Lipinski definition) is 4. The first-order valence-corrected chi connectivity index (χ1v) is 13.0. The number of benzene rings is 3. The Labute approximate surface area is 226 Å². The van der Waals surface area contributed by atoms with Crippen LogP contribution in [0, 0.1) is 18.6 Å². The molecule has 0 unspecified atom stereocenters. The van der Waals surface area contributed by atoms with Crippen LogP contribution in [-0.4, -0.2) is 35.7 Å². The quantitative estimate of drug-likeness (QED) is 0.322. The number of rotatable bonds is 5. The normalized spacial score (nSPS) is 17.3.